The highest BCUT2D eigenvalue weighted by molar-refractivity contribution is 6.07. The highest BCUT2D eigenvalue weighted by Gasteiger charge is 2.25. The van der Waals surface area contributed by atoms with Crippen LogP contribution in [0.2, 0.25) is 0 Å². The van der Waals surface area contributed by atoms with Gasteiger partial charge in [-0.05, 0) is 83.1 Å². The summed E-state index contributed by atoms with van der Waals surface area (Å²) in [4.78, 5) is 29.3. The Morgan fingerprint density at radius 3 is 2.09 bits per heavy atom. The van der Waals surface area contributed by atoms with Crippen LogP contribution in [0.1, 0.15) is 95.3 Å². The van der Waals surface area contributed by atoms with E-state index in [2.05, 4.69) is 7.05 Å². The fraction of sp³-hybridized carbons (Fsp3) is 0.488. The van der Waals surface area contributed by atoms with Crippen LogP contribution in [0.25, 0.3) is 16.6 Å². The lowest BCUT2D eigenvalue weighted by molar-refractivity contribution is -0.914. The first-order valence-electron chi connectivity index (χ1n) is 19.5. The second-order valence-electron chi connectivity index (χ2n) is 14.4. The third-order valence-electron chi connectivity index (χ3n) is 10.1. The number of hydrogen-bond donors (Lipinski definition) is 0. The van der Waals surface area contributed by atoms with Crippen molar-refractivity contribution in [3.63, 3.8) is 0 Å². The Morgan fingerprint density at radius 2 is 1.43 bits per heavy atom. The summed E-state index contributed by atoms with van der Waals surface area (Å²) < 4.78 is 49.5. The SMILES string of the molecule is CCCOc1cc(OCC)cc(-n2cc(C(=O)N(CC)c3cc(F)cc(F)c3)c(=O)c3ccc(OCCCCCCCC[N+]4(C)CCCCC4)cc32)c1.[Br-]. The van der Waals surface area contributed by atoms with Gasteiger partial charge in [-0.15, -0.1) is 0 Å². The predicted octanol–water partition coefficient (Wildman–Crippen LogP) is 6.48. The van der Waals surface area contributed by atoms with Crippen LogP contribution in [0, 0.1) is 11.6 Å². The Balaban J connectivity index is 0.00000650. The molecule has 0 spiro atoms. The molecule has 5 rings (SSSR count). The number of fused-ring (bicyclic) bond motifs is 1. The van der Waals surface area contributed by atoms with Gasteiger partial charge in [0.1, 0.15) is 34.4 Å². The molecule has 0 atom stereocenters. The maximum atomic E-state index is 14.2. The summed E-state index contributed by atoms with van der Waals surface area (Å²) in [5.74, 6) is -0.564. The molecule has 0 saturated carbocycles. The molecule has 0 radical (unpaired) electrons. The number of aromatic nitrogens is 1. The van der Waals surface area contributed by atoms with Crippen LogP contribution in [0.4, 0.5) is 14.5 Å². The van der Waals surface area contributed by atoms with Crippen molar-refractivity contribution in [2.24, 2.45) is 0 Å². The summed E-state index contributed by atoms with van der Waals surface area (Å²) in [6.45, 7) is 11.1. The summed E-state index contributed by atoms with van der Waals surface area (Å²) in [6, 6.07) is 13.6. The molecule has 1 aliphatic rings. The number of quaternary nitrogens is 1. The van der Waals surface area contributed by atoms with E-state index in [4.69, 9.17) is 14.2 Å². The van der Waals surface area contributed by atoms with Gasteiger partial charge in [0.25, 0.3) is 5.91 Å². The number of ether oxygens (including phenoxy) is 3. The van der Waals surface area contributed by atoms with Gasteiger partial charge in [0.15, 0.2) is 0 Å². The average Bonchev–Trinajstić information content (AvgIpc) is 3.13. The minimum Gasteiger partial charge on any atom is -1.00 e. The van der Waals surface area contributed by atoms with Crippen LogP contribution >= 0.6 is 0 Å². The van der Waals surface area contributed by atoms with Crippen molar-refractivity contribution in [3.05, 3.63) is 88.2 Å². The van der Waals surface area contributed by atoms with Crippen molar-refractivity contribution >= 4 is 22.5 Å². The molecule has 1 fully saturated rings. The predicted molar refractivity (Wildman–Crippen MR) is 208 cm³/mol. The van der Waals surface area contributed by atoms with E-state index < -0.39 is 23.0 Å². The third-order valence-corrected chi connectivity index (χ3v) is 10.1. The molecule has 8 nitrogen and oxygen atoms in total. The quantitative estimate of drug-likeness (QED) is 0.0802. The van der Waals surface area contributed by atoms with Gasteiger partial charge >= 0.3 is 0 Å². The molecular formula is C43H56BrF2N3O5. The van der Waals surface area contributed by atoms with Gasteiger partial charge < -0.3 is 45.1 Å². The number of piperidine rings is 1. The van der Waals surface area contributed by atoms with E-state index in [0.29, 0.717) is 53.7 Å². The molecule has 3 aromatic carbocycles. The Morgan fingerprint density at radius 1 is 0.778 bits per heavy atom. The summed E-state index contributed by atoms with van der Waals surface area (Å²) in [5.41, 5.74) is 0.509. The largest absolute Gasteiger partial charge is 1.00 e. The number of benzene rings is 3. The monoisotopic (exact) mass is 811 g/mol. The fourth-order valence-electron chi connectivity index (χ4n) is 7.29. The highest BCUT2D eigenvalue weighted by atomic mass is 79.9. The van der Waals surface area contributed by atoms with Gasteiger partial charge in [0.2, 0.25) is 5.43 Å². The van der Waals surface area contributed by atoms with Crippen molar-refractivity contribution in [1.82, 2.24) is 4.57 Å². The molecule has 0 unspecified atom stereocenters. The number of unbranched alkanes of at least 4 members (excludes halogenated alkanes) is 5. The first-order chi connectivity index (χ1) is 25.6. The van der Waals surface area contributed by atoms with Crippen LogP contribution in [-0.2, 0) is 0 Å². The van der Waals surface area contributed by atoms with E-state index >= 15 is 0 Å². The van der Waals surface area contributed by atoms with E-state index in [1.807, 2.05) is 38.1 Å². The summed E-state index contributed by atoms with van der Waals surface area (Å²) in [6.07, 6.45) is 13.4. The second-order valence-corrected chi connectivity index (χ2v) is 14.4. The van der Waals surface area contributed by atoms with Crippen molar-refractivity contribution in [2.45, 2.75) is 85.0 Å². The lowest BCUT2D eigenvalue weighted by Gasteiger charge is -2.37. The molecule has 294 valence electrons. The minimum absolute atomic E-state index is 0. The van der Waals surface area contributed by atoms with E-state index in [1.165, 1.54) is 80.2 Å². The van der Waals surface area contributed by atoms with Crippen molar-refractivity contribution in [2.75, 3.05) is 57.9 Å². The topological polar surface area (TPSA) is 70.0 Å². The van der Waals surface area contributed by atoms with Gasteiger partial charge in [-0.25, -0.2) is 8.78 Å². The zero-order chi connectivity index (χ0) is 37.8. The average molecular weight is 813 g/mol. The van der Waals surface area contributed by atoms with E-state index in [-0.39, 0.29) is 34.8 Å². The van der Waals surface area contributed by atoms with Gasteiger partial charge in [0.05, 0.1) is 57.7 Å². The smallest absolute Gasteiger partial charge is 0.263 e. The zero-order valence-electron chi connectivity index (χ0n) is 32.3. The summed E-state index contributed by atoms with van der Waals surface area (Å²) in [7, 11) is 2.41. The number of likely N-dealkylation sites (tertiary alicyclic amines) is 1. The van der Waals surface area contributed by atoms with Crippen LogP contribution in [0.5, 0.6) is 17.2 Å². The number of hydrogen-bond acceptors (Lipinski definition) is 5. The van der Waals surface area contributed by atoms with Crippen LogP contribution in [0.15, 0.2) is 65.6 Å². The number of anilines is 1. The highest BCUT2D eigenvalue weighted by Crippen LogP contribution is 2.30. The molecule has 0 N–H and O–H groups in total. The fourth-order valence-corrected chi connectivity index (χ4v) is 7.29. The third kappa shape index (κ3) is 11.3. The van der Waals surface area contributed by atoms with E-state index in [9.17, 15) is 18.4 Å². The van der Waals surface area contributed by atoms with Gasteiger partial charge in [-0.2, -0.15) is 0 Å². The number of rotatable bonds is 19. The zero-order valence-corrected chi connectivity index (χ0v) is 33.9. The maximum absolute atomic E-state index is 14.2. The molecule has 0 aliphatic carbocycles. The van der Waals surface area contributed by atoms with Gasteiger partial charge in [-0.3, -0.25) is 9.59 Å². The van der Waals surface area contributed by atoms with Crippen molar-refractivity contribution in [3.8, 4) is 22.9 Å². The summed E-state index contributed by atoms with van der Waals surface area (Å²) >= 11 is 0. The van der Waals surface area contributed by atoms with E-state index in [0.717, 1.165) is 37.5 Å². The van der Waals surface area contributed by atoms with Gasteiger partial charge in [0, 0.05) is 54.1 Å². The molecular weight excluding hydrogens is 756 g/mol. The lowest BCUT2D eigenvalue weighted by Crippen LogP contribution is -3.00. The number of pyridine rings is 1. The normalized spacial score (nSPS) is 13.7. The molecule has 1 amide bonds. The number of carbonyl (C=O) groups excluding carboxylic acids is 1. The van der Waals surface area contributed by atoms with Gasteiger partial charge in [-0.1, -0.05) is 26.2 Å². The van der Waals surface area contributed by atoms with Crippen LogP contribution in [-0.4, -0.2) is 68.0 Å². The molecule has 54 heavy (non-hydrogen) atoms. The van der Waals surface area contributed by atoms with Crippen LogP contribution in [0.3, 0.4) is 0 Å². The van der Waals surface area contributed by atoms with E-state index in [1.54, 1.807) is 23.6 Å². The number of halogens is 3. The lowest BCUT2D eigenvalue weighted by atomic mass is 10.1. The van der Waals surface area contributed by atoms with Crippen LogP contribution < -0.4 is 41.5 Å². The standard InChI is InChI=1S/C43H56F2N3O5.BrH/c1-5-22-52-38-28-35(27-37(29-38)51-7-3)47-31-40(43(50)46(6-2)34-25-32(44)24-33(45)26-34)42(49)39-18-17-36(30-41(39)47)53-23-16-11-9-8-10-13-19-48(4)20-14-12-15-21-48;/h17-18,24-31H,5-16,19-23H2,1-4H3;1H/q+1;/p-1. The van der Waals surface area contributed by atoms with Crippen molar-refractivity contribution in [1.29, 1.82) is 0 Å². The number of carbonyl (C=O) groups is 1. The first kappa shape index (κ1) is 42.8. The maximum Gasteiger partial charge on any atom is 0.263 e. The molecule has 4 aromatic rings. The molecule has 1 aromatic heterocycles. The molecule has 11 heteroatoms. The molecule has 0 bridgehead atoms. The van der Waals surface area contributed by atoms with Crippen molar-refractivity contribution < 1.29 is 49.3 Å². The molecule has 1 aliphatic heterocycles. The Hall–Kier alpha value is -3.96. The first-order valence-corrected chi connectivity index (χ1v) is 19.5. The second kappa shape index (κ2) is 20.6. The Labute approximate surface area is 329 Å². The number of nitrogens with zero attached hydrogens (tertiary/aromatic N) is 3. The Bertz CT molecular complexity index is 1880. The molecule has 1 saturated heterocycles. The Kier molecular flexibility index (Phi) is 16.4. The minimum atomic E-state index is -0.819. The number of amides is 1. The summed E-state index contributed by atoms with van der Waals surface area (Å²) in [5, 5.41) is 0.295. The molecule has 2 heterocycles.